The highest BCUT2D eigenvalue weighted by Gasteiger charge is 2.22. The van der Waals surface area contributed by atoms with Crippen LogP contribution in [0, 0.1) is 5.92 Å². The first kappa shape index (κ1) is 12.9. The fourth-order valence-electron chi connectivity index (χ4n) is 2.95. The molecule has 21 heavy (non-hydrogen) atoms. The van der Waals surface area contributed by atoms with Crippen molar-refractivity contribution in [3.05, 3.63) is 41.2 Å². The number of nitrogens with zero attached hydrogens (tertiary/aromatic N) is 3. The minimum absolute atomic E-state index is 0.788. The molecule has 4 nitrogen and oxygen atoms in total. The van der Waals surface area contributed by atoms with Crippen LogP contribution in [0.25, 0.3) is 0 Å². The van der Waals surface area contributed by atoms with E-state index in [4.69, 9.17) is 4.74 Å². The van der Waals surface area contributed by atoms with Gasteiger partial charge >= 0.3 is 0 Å². The van der Waals surface area contributed by atoms with Crippen LogP contribution in [0.3, 0.4) is 0 Å². The lowest BCUT2D eigenvalue weighted by Gasteiger charge is -2.12. The molecule has 110 valence electrons. The Hall–Kier alpha value is -1.84. The van der Waals surface area contributed by atoms with E-state index in [0.717, 1.165) is 37.7 Å². The maximum Gasteiger partial charge on any atom is 0.119 e. The summed E-state index contributed by atoms with van der Waals surface area (Å²) in [5.74, 6) is 1.77. The number of fused-ring (bicyclic) bond motifs is 1. The monoisotopic (exact) mass is 283 g/mol. The molecule has 0 atom stereocenters. The van der Waals surface area contributed by atoms with Crippen LogP contribution in [0.5, 0.6) is 5.75 Å². The fourth-order valence-corrected chi connectivity index (χ4v) is 2.95. The molecular weight excluding hydrogens is 262 g/mol. The number of hydrogen-bond donors (Lipinski definition) is 0. The molecule has 0 spiro atoms. The molecule has 2 aliphatic rings. The number of benzene rings is 1. The Morgan fingerprint density at radius 1 is 1.19 bits per heavy atom. The van der Waals surface area contributed by atoms with Crippen molar-refractivity contribution in [3.63, 3.8) is 0 Å². The number of aromatic nitrogens is 3. The summed E-state index contributed by atoms with van der Waals surface area (Å²) in [5, 5.41) is 8.66. The Morgan fingerprint density at radius 2 is 2.10 bits per heavy atom. The molecule has 0 bridgehead atoms. The molecule has 0 saturated heterocycles. The first-order valence-corrected chi connectivity index (χ1v) is 8.01. The van der Waals surface area contributed by atoms with Gasteiger partial charge in [-0.05, 0) is 62.1 Å². The zero-order valence-corrected chi connectivity index (χ0v) is 12.3. The quantitative estimate of drug-likeness (QED) is 0.847. The Balaban J connectivity index is 1.48. The predicted octanol–water partition coefficient (Wildman–Crippen LogP) is 2.99. The first-order chi connectivity index (χ1) is 10.4. The SMILES string of the molecule is c1cc(Cn2nnc3c2CCCC3)cc(OCC2CC2)c1. The van der Waals surface area contributed by atoms with E-state index in [1.807, 2.05) is 6.07 Å². The van der Waals surface area contributed by atoms with E-state index in [9.17, 15) is 0 Å². The fraction of sp³-hybridized carbons (Fsp3) is 0.529. The summed E-state index contributed by atoms with van der Waals surface area (Å²) in [4.78, 5) is 0. The van der Waals surface area contributed by atoms with E-state index in [1.54, 1.807) is 0 Å². The number of hydrogen-bond acceptors (Lipinski definition) is 3. The topological polar surface area (TPSA) is 39.9 Å². The Morgan fingerprint density at radius 3 is 3.00 bits per heavy atom. The van der Waals surface area contributed by atoms with Crippen LogP contribution < -0.4 is 4.74 Å². The van der Waals surface area contributed by atoms with E-state index in [-0.39, 0.29) is 0 Å². The van der Waals surface area contributed by atoms with Gasteiger partial charge in [0.05, 0.1) is 24.5 Å². The van der Waals surface area contributed by atoms with E-state index in [2.05, 4.69) is 33.2 Å². The normalized spacial score (nSPS) is 17.5. The molecule has 0 aliphatic heterocycles. The average Bonchev–Trinajstić information content (AvgIpc) is 3.27. The third-order valence-electron chi connectivity index (χ3n) is 4.41. The maximum atomic E-state index is 5.86. The van der Waals surface area contributed by atoms with Crippen LogP contribution in [0.15, 0.2) is 24.3 Å². The largest absolute Gasteiger partial charge is 0.493 e. The van der Waals surface area contributed by atoms with Crippen molar-refractivity contribution < 1.29 is 4.74 Å². The highest BCUT2D eigenvalue weighted by atomic mass is 16.5. The second-order valence-corrected chi connectivity index (χ2v) is 6.25. The van der Waals surface area contributed by atoms with Crippen molar-refractivity contribution in [2.75, 3.05) is 6.61 Å². The van der Waals surface area contributed by atoms with Crippen LogP contribution in [0.4, 0.5) is 0 Å². The molecule has 1 aromatic carbocycles. The first-order valence-electron chi connectivity index (χ1n) is 8.01. The minimum Gasteiger partial charge on any atom is -0.493 e. The second-order valence-electron chi connectivity index (χ2n) is 6.25. The van der Waals surface area contributed by atoms with Gasteiger partial charge in [-0.15, -0.1) is 5.10 Å². The van der Waals surface area contributed by atoms with Gasteiger partial charge in [0.15, 0.2) is 0 Å². The molecule has 1 fully saturated rings. The van der Waals surface area contributed by atoms with E-state index in [0.29, 0.717) is 0 Å². The van der Waals surface area contributed by atoms with Crippen LogP contribution >= 0.6 is 0 Å². The second kappa shape index (κ2) is 5.51. The average molecular weight is 283 g/mol. The zero-order chi connectivity index (χ0) is 14.1. The summed E-state index contributed by atoms with van der Waals surface area (Å²) in [7, 11) is 0. The Bertz CT molecular complexity index is 631. The molecule has 0 N–H and O–H groups in total. The van der Waals surface area contributed by atoms with E-state index >= 15 is 0 Å². The van der Waals surface area contributed by atoms with Crippen molar-refractivity contribution in [3.8, 4) is 5.75 Å². The summed E-state index contributed by atoms with van der Waals surface area (Å²) in [5.41, 5.74) is 3.76. The summed E-state index contributed by atoms with van der Waals surface area (Å²) >= 11 is 0. The van der Waals surface area contributed by atoms with E-state index < -0.39 is 0 Å². The summed E-state index contributed by atoms with van der Waals surface area (Å²) in [6.45, 7) is 1.66. The van der Waals surface area contributed by atoms with Crippen LogP contribution in [0.2, 0.25) is 0 Å². The summed E-state index contributed by atoms with van der Waals surface area (Å²) in [6, 6.07) is 8.39. The van der Waals surface area contributed by atoms with Crippen LogP contribution in [0.1, 0.15) is 42.6 Å². The molecule has 1 heterocycles. The van der Waals surface area contributed by atoms with Gasteiger partial charge < -0.3 is 4.74 Å². The highest BCUT2D eigenvalue weighted by molar-refractivity contribution is 5.29. The van der Waals surface area contributed by atoms with Crippen LogP contribution in [-0.4, -0.2) is 21.6 Å². The molecule has 0 amide bonds. The molecule has 0 radical (unpaired) electrons. The number of rotatable bonds is 5. The third-order valence-corrected chi connectivity index (χ3v) is 4.41. The number of aryl methyl sites for hydroxylation is 1. The standard InChI is InChI=1S/C17H21N3O/c1-2-7-17-16(6-1)18-19-20(17)11-14-4-3-5-15(10-14)21-12-13-8-9-13/h3-5,10,13H,1-2,6-9,11-12H2. The van der Waals surface area contributed by atoms with Gasteiger partial charge in [0, 0.05) is 0 Å². The molecular formula is C17H21N3O. The van der Waals surface area contributed by atoms with Crippen molar-refractivity contribution in [2.45, 2.75) is 45.1 Å². The highest BCUT2D eigenvalue weighted by Crippen LogP contribution is 2.29. The maximum absolute atomic E-state index is 5.86. The molecule has 1 saturated carbocycles. The van der Waals surface area contributed by atoms with Gasteiger partial charge in [-0.2, -0.15) is 0 Å². The van der Waals surface area contributed by atoms with Crippen LogP contribution in [-0.2, 0) is 19.4 Å². The van der Waals surface area contributed by atoms with Gasteiger partial charge in [-0.1, -0.05) is 17.3 Å². The smallest absolute Gasteiger partial charge is 0.119 e. The zero-order valence-electron chi connectivity index (χ0n) is 12.3. The van der Waals surface area contributed by atoms with Crippen molar-refractivity contribution in [1.29, 1.82) is 0 Å². The van der Waals surface area contributed by atoms with Gasteiger partial charge in [-0.3, -0.25) is 0 Å². The van der Waals surface area contributed by atoms with Gasteiger partial charge in [-0.25, -0.2) is 4.68 Å². The van der Waals surface area contributed by atoms with E-state index in [1.165, 1.54) is 42.6 Å². The number of ether oxygens (including phenoxy) is 1. The minimum atomic E-state index is 0.788. The summed E-state index contributed by atoms with van der Waals surface area (Å²) in [6.07, 6.45) is 7.34. The lowest BCUT2D eigenvalue weighted by Crippen LogP contribution is -2.10. The predicted molar refractivity (Wildman–Crippen MR) is 80.4 cm³/mol. The van der Waals surface area contributed by atoms with Gasteiger partial charge in [0.2, 0.25) is 0 Å². The molecule has 2 aromatic rings. The lowest BCUT2D eigenvalue weighted by atomic mass is 10.0. The molecule has 0 unspecified atom stereocenters. The Kier molecular flexibility index (Phi) is 3.37. The van der Waals surface area contributed by atoms with Crippen molar-refractivity contribution in [2.24, 2.45) is 5.92 Å². The Labute approximate surface area is 125 Å². The summed E-state index contributed by atoms with van der Waals surface area (Å²) < 4.78 is 7.92. The lowest BCUT2D eigenvalue weighted by molar-refractivity contribution is 0.299. The van der Waals surface area contributed by atoms with Gasteiger partial charge in [0.25, 0.3) is 0 Å². The van der Waals surface area contributed by atoms with Crippen molar-refractivity contribution in [1.82, 2.24) is 15.0 Å². The van der Waals surface area contributed by atoms with Gasteiger partial charge in [0.1, 0.15) is 5.75 Å². The molecule has 2 aliphatic carbocycles. The molecule has 4 rings (SSSR count). The van der Waals surface area contributed by atoms with Crippen molar-refractivity contribution >= 4 is 0 Å². The molecule has 4 heteroatoms. The third kappa shape index (κ3) is 2.94. The molecule has 1 aromatic heterocycles.